The van der Waals surface area contributed by atoms with Crippen molar-refractivity contribution in [3.8, 4) is 5.75 Å². The van der Waals surface area contributed by atoms with Gasteiger partial charge in [-0.15, -0.1) is 11.8 Å². The van der Waals surface area contributed by atoms with Crippen LogP contribution in [-0.4, -0.2) is 189 Å². The average Bonchev–Trinajstić information content (AvgIpc) is 0.841. The summed E-state index contributed by atoms with van der Waals surface area (Å²) in [6, 6.07) is 38.6. The van der Waals surface area contributed by atoms with Crippen LogP contribution in [0.15, 0.2) is 172 Å². The topological polar surface area (TPSA) is 303 Å². The first kappa shape index (κ1) is 80.5. The second-order valence-corrected chi connectivity index (χ2v) is 32.9. The van der Waals surface area contributed by atoms with Crippen LogP contribution in [0.1, 0.15) is 74.5 Å². The number of benzene rings is 6. The number of phosphoric acid groups is 1. The number of phosphoric ester groups is 1. The first-order valence-corrected chi connectivity index (χ1v) is 40.4. The molecule has 0 unspecified atom stereocenters. The zero-order valence-corrected chi connectivity index (χ0v) is 62.8. The summed E-state index contributed by atoms with van der Waals surface area (Å²) in [5.74, 6) is 0.227. The van der Waals surface area contributed by atoms with Gasteiger partial charge in [-0.25, -0.2) is 40.5 Å². The van der Waals surface area contributed by atoms with Crippen LogP contribution in [0.3, 0.4) is 0 Å². The number of H-pyrrole nitrogens is 1. The highest BCUT2D eigenvalue weighted by Crippen LogP contribution is 2.44. The Balaban J connectivity index is 0.000000252. The first-order valence-electron chi connectivity index (χ1n) is 34.5. The number of sulfonamides is 1. The fourth-order valence-corrected chi connectivity index (χ4v) is 16.0. The number of hydrogen-bond donors (Lipinski definition) is 7. The van der Waals surface area contributed by atoms with Gasteiger partial charge in [0.1, 0.15) is 28.6 Å². The summed E-state index contributed by atoms with van der Waals surface area (Å²) >= 11 is 7.64. The largest absolute Gasteiger partial charge is 0.501 e. The standard InChI is InChI=1S/C47H55ClF3N5O6S3.C26H31FN7O6P/c1-46(2)20-18-42(34-8-12-37(48)13-9-34)36(31-46)32-55-22-24-56(25-23-55)39-14-10-35(11-15-39)45(57)53-65(60,61)41-16-17-43(44(30-41)64(58,59)47(49,50)51)52-38(19-21-54-26-28-62-29-27-54)33-63-40-6-4-3-5-7-40;1-2-34(10-12-40-41(36,37)38)9-4-11-39-21-7-8-22-23(16-21)28-17-29-26(22)31-24-14-20(32-33-24)15-25(35)30-19-6-3-5-18(27)13-19/h3-17,30,38,52H,18-29,31-33H2,1-2H3,(H,53,57);3,5-8,13-14,16-17H,2,4,9-12,15H2,1H3,(H,30,35)(H2,36,37,38)(H2,28,29,31,32,33)/t38-;/m1./s1. The molecule has 24 nitrogen and oxygen atoms in total. The molecule has 6 aromatic carbocycles. The molecule has 2 fully saturated rings. The summed E-state index contributed by atoms with van der Waals surface area (Å²) in [7, 11) is -15.4. The minimum absolute atomic E-state index is 0.00186. The van der Waals surface area contributed by atoms with Gasteiger partial charge in [-0.3, -0.25) is 29.0 Å². The number of sulfone groups is 1. The summed E-state index contributed by atoms with van der Waals surface area (Å²) in [6.45, 7) is 15.8. The summed E-state index contributed by atoms with van der Waals surface area (Å²) in [5, 5.41) is 17.2. The molecule has 2 aromatic heterocycles. The van der Waals surface area contributed by atoms with E-state index in [-0.39, 0.29) is 29.9 Å². The highest BCUT2D eigenvalue weighted by molar-refractivity contribution is 7.99. The molecular weight excluding hydrogens is 1480 g/mol. The number of allylic oxidation sites excluding steroid dienone is 1. The summed E-state index contributed by atoms with van der Waals surface area (Å²) in [5.41, 5.74) is 0.582. The van der Waals surface area contributed by atoms with Gasteiger partial charge in [-0.05, 0) is 152 Å². The molecule has 33 heteroatoms. The van der Waals surface area contributed by atoms with Gasteiger partial charge < -0.3 is 45.0 Å². The Morgan fingerprint density at radius 3 is 2.30 bits per heavy atom. The number of rotatable bonds is 31. The van der Waals surface area contributed by atoms with Crippen LogP contribution in [0.25, 0.3) is 16.5 Å². The minimum atomic E-state index is -6.05. The Morgan fingerprint density at radius 1 is 0.849 bits per heavy atom. The van der Waals surface area contributed by atoms with Gasteiger partial charge in [-0.2, -0.15) is 18.3 Å². The Labute approximate surface area is 623 Å². The summed E-state index contributed by atoms with van der Waals surface area (Å²) in [6.07, 6.45) is 5.75. The number of nitrogens with one attached hydrogen (secondary N) is 5. The lowest BCUT2D eigenvalue weighted by atomic mass is 9.73. The number of nitrogens with zero attached hydrogens (tertiary/aromatic N) is 7. The highest BCUT2D eigenvalue weighted by atomic mass is 35.5. The van der Waals surface area contributed by atoms with E-state index in [1.807, 2.05) is 71.1 Å². The number of halogens is 5. The van der Waals surface area contributed by atoms with Crippen LogP contribution in [0.2, 0.25) is 5.02 Å². The molecule has 0 spiro atoms. The van der Waals surface area contributed by atoms with E-state index < -0.39 is 66.4 Å². The van der Waals surface area contributed by atoms with Crippen LogP contribution in [0.5, 0.6) is 5.75 Å². The molecule has 7 N–H and O–H groups in total. The molecule has 11 rings (SSSR count). The van der Waals surface area contributed by atoms with E-state index >= 15 is 0 Å². The normalized spacial score (nSPS) is 15.7. The Hall–Kier alpha value is -8.04. The maximum Gasteiger partial charge on any atom is 0.501 e. The van der Waals surface area contributed by atoms with Crippen molar-refractivity contribution in [1.29, 1.82) is 0 Å². The third kappa shape index (κ3) is 23.5. The molecule has 4 heterocycles. The fourth-order valence-electron chi connectivity index (χ4n) is 12.5. The summed E-state index contributed by atoms with van der Waals surface area (Å²) in [4.78, 5) is 59.6. The lowest BCUT2D eigenvalue weighted by molar-refractivity contribution is -0.115. The maximum absolute atomic E-state index is 14.2. The second-order valence-electron chi connectivity index (χ2n) is 26.5. The van der Waals surface area contributed by atoms with Crippen LogP contribution < -0.4 is 30.3 Å². The van der Waals surface area contributed by atoms with Crippen molar-refractivity contribution in [1.82, 2.24) is 39.6 Å². The molecule has 0 radical (unpaired) electrons. The van der Waals surface area contributed by atoms with E-state index in [0.29, 0.717) is 123 Å². The number of fused-ring (bicyclic) bond motifs is 1. The number of aromatic amines is 1. The van der Waals surface area contributed by atoms with Gasteiger partial charge >= 0.3 is 13.3 Å². The second kappa shape index (κ2) is 36.7. The van der Waals surface area contributed by atoms with Crippen molar-refractivity contribution in [2.75, 3.05) is 125 Å². The van der Waals surface area contributed by atoms with Gasteiger partial charge in [0.15, 0.2) is 5.82 Å². The van der Waals surface area contributed by atoms with Crippen LogP contribution in [0, 0.1) is 11.2 Å². The molecular formula is C73H86ClF4N12O12PS3. The molecule has 0 bridgehead atoms. The predicted molar refractivity (Wildman–Crippen MR) is 402 cm³/mol. The van der Waals surface area contributed by atoms with Crippen molar-refractivity contribution in [2.45, 2.75) is 85.5 Å². The molecule has 2 amide bonds. The summed E-state index contributed by atoms with van der Waals surface area (Å²) < 4.78 is 138. The number of piperazine rings is 1. The van der Waals surface area contributed by atoms with E-state index in [4.69, 9.17) is 30.9 Å². The Bertz CT molecular complexity index is 4610. The maximum atomic E-state index is 14.2. The number of amides is 2. The van der Waals surface area contributed by atoms with Crippen molar-refractivity contribution in [3.63, 3.8) is 0 Å². The molecule has 2 aliphatic heterocycles. The molecule has 0 saturated carbocycles. The third-order valence-corrected chi connectivity index (χ3v) is 22.9. The number of carbonyl (C=O) groups excluding carboxylic acids is 2. The predicted octanol–water partition coefficient (Wildman–Crippen LogP) is 12.5. The van der Waals surface area contributed by atoms with Crippen LogP contribution in [-0.2, 0) is 44.9 Å². The van der Waals surface area contributed by atoms with E-state index in [2.05, 4.69) is 81.3 Å². The molecule has 106 heavy (non-hydrogen) atoms. The van der Waals surface area contributed by atoms with Crippen molar-refractivity contribution in [2.24, 2.45) is 5.41 Å². The van der Waals surface area contributed by atoms with Gasteiger partial charge in [0.2, 0.25) is 5.91 Å². The third-order valence-electron chi connectivity index (χ3n) is 18.1. The van der Waals surface area contributed by atoms with Gasteiger partial charge in [0.05, 0.1) is 48.9 Å². The van der Waals surface area contributed by atoms with E-state index in [1.54, 1.807) is 30.3 Å². The lowest BCUT2D eigenvalue weighted by Crippen LogP contribution is -2.47. The SMILES string of the molecule is CC1(C)CCC(c2ccc(Cl)cc2)=C(CN2CCN(c3ccc(C(=O)NS(=O)(=O)c4ccc(N[C@H](CCN5CCOCC5)CSc5ccccc5)c(S(=O)(=O)C(F)(F)F)c4)cc3)CC2)C1.CCN(CCCOc1ccc2c(Nc3cc(CC(=O)Nc4cccc(F)c4)[nH]n3)ncnc2c1)CCOP(=O)(O)O. The van der Waals surface area contributed by atoms with E-state index in [1.165, 1.54) is 65.1 Å². The number of morpholine rings is 1. The number of alkyl halides is 3. The van der Waals surface area contributed by atoms with Crippen molar-refractivity contribution >= 4 is 108 Å². The Morgan fingerprint density at radius 2 is 1.59 bits per heavy atom. The van der Waals surface area contributed by atoms with Gasteiger partial charge in [0.25, 0.3) is 25.8 Å². The van der Waals surface area contributed by atoms with Crippen LogP contribution >= 0.6 is 31.2 Å². The number of aromatic nitrogens is 4. The number of likely N-dealkylation sites (N-methyl/N-ethyl adjacent to an activating group) is 1. The number of ether oxygens (including phenoxy) is 2. The quantitative estimate of drug-likeness (QED) is 0.00919. The average molecular weight is 1560 g/mol. The lowest BCUT2D eigenvalue weighted by Gasteiger charge is -2.39. The van der Waals surface area contributed by atoms with Crippen molar-refractivity contribution < 1.29 is 72.3 Å². The molecule has 1 aliphatic carbocycles. The van der Waals surface area contributed by atoms with Gasteiger partial charge in [-0.1, -0.05) is 74.3 Å². The molecule has 8 aromatic rings. The number of hydrogen-bond acceptors (Lipinski definition) is 20. The zero-order valence-electron chi connectivity index (χ0n) is 58.7. The van der Waals surface area contributed by atoms with E-state index in [0.717, 1.165) is 80.1 Å². The minimum Gasteiger partial charge on any atom is -0.493 e. The monoisotopic (exact) mass is 1560 g/mol. The first-order chi connectivity index (χ1) is 50.5. The molecule has 568 valence electrons. The zero-order chi connectivity index (χ0) is 75.7. The van der Waals surface area contributed by atoms with E-state index in [9.17, 15) is 48.6 Å². The van der Waals surface area contributed by atoms with Gasteiger partial charge in [0, 0.05) is 127 Å². The number of anilines is 5. The Kier molecular flexibility index (Phi) is 27.9. The molecule has 2 saturated heterocycles. The number of thioether (sulfide) groups is 1. The smallest absolute Gasteiger partial charge is 0.493 e. The van der Waals surface area contributed by atoms with Crippen LogP contribution in [0.4, 0.5) is 46.3 Å². The number of carbonyl (C=O) groups is 2. The van der Waals surface area contributed by atoms with Crippen molar-refractivity contribution in [3.05, 3.63) is 185 Å². The highest BCUT2D eigenvalue weighted by Gasteiger charge is 2.49. The molecule has 3 aliphatic rings. The fraction of sp³-hybridized carbons (Fsp3) is 0.384. The molecule has 1 atom stereocenters.